The molecule has 1 amide bonds. The van der Waals surface area contributed by atoms with E-state index in [2.05, 4.69) is 11.9 Å². The molecule has 0 aromatic heterocycles. The topological polar surface area (TPSA) is 104 Å². The Morgan fingerprint density at radius 3 is 2.00 bits per heavy atom. The summed E-state index contributed by atoms with van der Waals surface area (Å²) in [4.78, 5) is 34.0. The van der Waals surface area contributed by atoms with Crippen molar-refractivity contribution < 1.29 is 24.6 Å². The van der Waals surface area contributed by atoms with Gasteiger partial charge < -0.3 is 15.5 Å². The fourth-order valence-corrected chi connectivity index (χ4v) is 4.26. The van der Waals surface area contributed by atoms with Crippen molar-refractivity contribution in [3.05, 3.63) is 36.5 Å². The van der Waals surface area contributed by atoms with E-state index in [9.17, 15) is 24.6 Å². The van der Waals surface area contributed by atoms with Crippen LogP contribution >= 0.6 is 45.2 Å². The second kappa shape index (κ2) is 6.52. The lowest BCUT2D eigenvalue weighted by atomic mass is 10.0. The lowest BCUT2D eigenvalue weighted by molar-refractivity contribution is -0.111. The minimum absolute atomic E-state index is 0.126. The molecule has 0 saturated heterocycles. The number of carbonyl (C=O) groups excluding carboxylic acids is 1. The van der Waals surface area contributed by atoms with Gasteiger partial charge in [0.2, 0.25) is 5.91 Å². The summed E-state index contributed by atoms with van der Waals surface area (Å²) in [5.41, 5.74) is 0.188. The molecule has 8 heteroatoms. The number of rotatable bonds is 4. The normalized spacial score (nSPS) is 9.95. The SMILES string of the molecule is C=CC(=O)Nc1c(C)c(C(=O)O)c(I)c(C(=O)O)c1I. The number of amides is 1. The van der Waals surface area contributed by atoms with Gasteiger partial charge in [0, 0.05) is 3.57 Å². The predicted octanol–water partition coefficient (Wildman–Crippen LogP) is 2.73. The van der Waals surface area contributed by atoms with E-state index in [0.29, 0.717) is 5.56 Å². The summed E-state index contributed by atoms with van der Waals surface area (Å²) >= 11 is 3.45. The fraction of sp³-hybridized carbons (Fsp3) is 0.0833. The van der Waals surface area contributed by atoms with Crippen molar-refractivity contribution in [2.24, 2.45) is 0 Å². The summed E-state index contributed by atoms with van der Waals surface area (Å²) in [5.74, 6) is -3.05. The molecule has 0 saturated carbocycles. The Morgan fingerprint density at radius 1 is 1.10 bits per heavy atom. The first kappa shape index (κ1) is 16.9. The van der Waals surface area contributed by atoms with Gasteiger partial charge in [-0.05, 0) is 63.7 Å². The second-order valence-corrected chi connectivity index (χ2v) is 5.84. The van der Waals surface area contributed by atoms with Crippen LogP contribution in [0.4, 0.5) is 5.69 Å². The molecule has 0 aliphatic rings. The number of aromatic carboxylic acids is 2. The van der Waals surface area contributed by atoms with Crippen LogP contribution in [-0.4, -0.2) is 28.1 Å². The number of carbonyl (C=O) groups is 3. The van der Waals surface area contributed by atoms with Crippen molar-refractivity contribution in [1.29, 1.82) is 0 Å². The second-order valence-electron chi connectivity index (χ2n) is 3.68. The van der Waals surface area contributed by atoms with Crippen molar-refractivity contribution >= 4 is 68.7 Å². The van der Waals surface area contributed by atoms with E-state index < -0.39 is 17.8 Å². The van der Waals surface area contributed by atoms with Crippen molar-refractivity contribution in [2.75, 3.05) is 5.32 Å². The lowest BCUT2D eigenvalue weighted by Crippen LogP contribution is -2.18. The minimum atomic E-state index is -1.25. The van der Waals surface area contributed by atoms with Gasteiger partial charge in [-0.2, -0.15) is 0 Å². The molecule has 20 heavy (non-hydrogen) atoms. The van der Waals surface area contributed by atoms with Crippen LogP contribution in [0, 0.1) is 14.1 Å². The third-order valence-electron chi connectivity index (χ3n) is 2.49. The zero-order valence-corrected chi connectivity index (χ0v) is 14.5. The number of nitrogens with one attached hydrogen (secondary N) is 1. The van der Waals surface area contributed by atoms with Gasteiger partial charge in [0.1, 0.15) is 0 Å². The summed E-state index contributed by atoms with van der Waals surface area (Å²) in [6.07, 6.45) is 1.02. The summed E-state index contributed by atoms with van der Waals surface area (Å²) in [6, 6.07) is 0. The van der Waals surface area contributed by atoms with Crippen LogP contribution in [0.3, 0.4) is 0 Å². The van der Waals surface area contributed by atoms with E-state index in [4.69, 9.17) is 0 Å². The number of hydrogen-bond donors (Lipinski definition) is 3. The summed E-state index contributed by atoms with van der Waals surface area (Å²) in [7, 11) is 0. The zero-order valence-electron chi connectivity index (χ0n) is 10.2. The van der Waals surface area contributed by atoms with Crippen LogP contribution in [-0.2, 0) is 4.79 Å². The van der Waals surface area contributed by atoms with E-state index in [1.807, 2.05) is 0 Å². The molecule has 0 aliphatic carbocycles. The van der Waals surface area contributed by atoms with Gasteiger partial charge >= 0.3 is 11.9 Å². The van der Waals surface area contributed by atoms with Gasteiger partial charge in [-0.15, -0.1) is 0 Å². The zero-order chi connectivity index (χ0) is 15.6. The molecule has 0 radical (unpaired) electrons. The smallest absolute Gasteiger partial charge is 0.337 e. The molecule has 1 aromatic rings. The fourth-order valence-electron chi connectivity index (χ4n) is 1.57. The van der Waals surface area contributed by atoms with E-state index >= 15 is 0 Å². The van der Waals surface area contributed by atoms with E-state index in [-0.39, 0.29) is 24.0 Å². The number of benzene rings is 1. The van der Waals surface area contributed by atoms with Crippen LogP contribution in [0.25, 0.3) is 0 Å². The Labute approximate surface area is 141 Å². The number of carboxylic acid groups (broad SMARTS) is 2. The minimum Gasteiger partial charge on any atom is -0.478 e. The molecule has 0 fully saturated rings. The molecule has 1 aromatic carbocycles. The maximum Gasteiger partial charge on any atom is 0.337 e. The first-order chi connectivity index (χ1) is 9.22. The predicted molar refractivity (Wildman–Crippen MR) is 89.4 cm³/mol. The molecule has 106 valence electrons. The average molecular weight is 501 g/mol. The Kier molecular flexibility index (Phi) is 5.50. The number of carboxylic acids is 2. The van der Waals surface area contributed by atoms with Crippen LogP contribution in [0.2, 0.25) is 0 Å². The molecular formula is C12H9I2NO5. The van der Waals surface area contributed by atoms with Crippen LogP contribution in [0.15, 0.2) is 12.7 Å². The van der Waals surface area contributed by atoms with Gasteiger partial charge in [0.05, 0.1) is 20.4 Å². The highest BCUT2D eigenvalue weighted by Crippen LogP contribution is 2.34. The maximum atomic E-state index is 11.4. The summed E-state index contributed by atoms with van der Waals surface area (Å²) in [6.45, 7) is 4.81. The molecule has 3 N–H and O–H groups in total. The Hall–Kier alpha value is -1.17. The van der Waals surface area contributed by atoms with Gasteiger partial charge in [0.25, 0.3) is 0 Å². The molecule has 0 bridgehead atoms. The first-order valence-corrected chi connectivity index (χ1v) is 7.29. The third-order valence-corrected chi connectivity index (χ3v) is 4.65. The molecule has 1 rings (SSSR count). The molecular weight excluding hydrogens is 492 g/mol. The summed E-state index contributed by atoms with van der Waals surface area (Å²) in [5, 5.41) is 20.9. The van der Waals surface area contributed by atoms with E-state index in [1.54, 1.807) is 45.2 Å². The Morgan fingerprint density at radius 2 is 1.60 bits per heavy atom. The molecule has 6 nitrogen and oxygen atoms in total. The van der Waals surface area contributed by atoms with E-state index in [1.165, 1.54) is 6.92 Å². The third kappa shape index (κ3) is 3.11. The van der Waals surface area contributed by atoms with E-state index in [0.717, 1.165) is 6.08 Å². The van der Waals surface area contributed by atoms with Gasteiger partial charge in [0.15, 0.2) is 0 Å². The standard InChI is InChI=1S/C12H9I2NO5/c1-3-5(16)15-10-4(2)6(11(17)18)8(13)7(9(10)14)12(19)20/h3H,1H2,2H3,(H,15,16)(H,17,18)(H,19,20). The monoisotopic (exact) mass is 501 g/mol. The van der Waals surface area contributed by atoms with Crippen molar-refractivity contribution in [2.45, 2.75) is 6.92 Å². The van der Waals surface area contributed by atoms with Gasteiger partial charge in [-0.25, -0.2) is 9.59 Å². The van der Waals surface area contributed by atoms with Crippen molar-refractivity contribution in [3.63, 3.8) is 0 Å². The molecule has 0 spiro atoms. The van der Waals surface area contributed by atoms with Crippen LogP contribution < -0.4 is 5.32 Å². The molecule has 0 heterocycles. The first-order valence-electron chi connectivity index (χ1n) is 5.13. The summed E-state index contributed by atoms with van der Waals surface area (Å²) < 4.78 is 0.401. The number of hydrogen-bond acceptors (Lipinski definition) is 3. The van der Waals surface area contributed by atoms with Crippen molar-refractivity contribution in [1.82, 2.24) is 0 Å². The van der Waals surface area contributed by atoms with Crippen molar-refractivity contribution in [3.8, 4) is 0 Å². The quantitative estimate of drug-likeness (QED) is 0.435. The highest BCUT2D eigenvalue weighted by atomic mass is 127. The average Bonchev–Trinajstić information content (AvgIpc) is 2.33. The lowest BCUT2D eigenvalue weighted by Gasteiger charge is -2.16. The molecule has 0 unspecified atom stereocenters. The van der Waals surface area contributed by atoms with Crippen LogP contribution in [0.1, 0.15) is 26.3 Å². The molecule has 0 atom stereocenters. The van der Waals surface area contributed by atoms with Gasteiger partial charge in [-0.3, -0.25) is 4.79 Å². The maximum absolute atomic E-state index is 11.4. The Bertz CT molecular complexity index is 598. The number of halogens is 2. The molecule has 0 aliphatic heterocycles. The largest absolute Gasteiger partial charge is 0.478 e. The Balaban J connectivity index is 3.75. The number of anilines is 1. The highest BCUT2D eigenvalue weighted by molar-refractivity contribution is 14.1. The highest BCUT2D eigenvalue weighted by Gasteiger charge is 2.26. The van der Waals surface area contributed by atoms with Gasteiger partial charge in [-0.1, -0.05) is 6.58 Å². The van der Waals surface area contributed by atoms with Crippen LogP contribution in [0.5, 0.6) is 0 Å².